The number of halogens is 1. The Balaban J connectivity index is 2.69. The van der Waals surface area contributed by atoms with Crippen molar-refractivity contribution in [1.82, 2.24) is 0 Å². The van der Waals surface area contributed by atoms with E-state index in [1.165, 1.54) is 6.07 Å². The monoisotopic (exact) mass is 297 g/mol. The minimum absolute atomic E-state index is 0.00281. The summed E-state index contributed by atoms with van der Waals surface area (Å²) >= 11 is 0. The molecular formula is C14H20FN3O3. The smallest absolute Gasteiger partial charge is 0.295 e. The number of amides is 1. The maximum Gasteiger partial charge on any atom is 0.295 e. The number of carbonyl (C=O) groups excluding carboxylic acids is 1. The highest BCUT2D eigenvalue weighted by atomic mass is 19.1. The van der Waals surface area contributed by atoms with E-state index in [9.17, 15) is 19.3 Å². The number of nitrogens with zero attached hydrogens (tertiary/aromatic N) is 1. The molecule has 6 nitrogen and oxygen atoms in total. The number of hydrogen-bond acceptors (Lipinski definition) is 4. The minimum atomic E-state index is -0.725. The lowest BCUT2D eigenvalue weighted by atomic mass is 9.84. The van der Waals surface area contributed by atoms with E-state index in [-0.39, 0.29) is 23.4 Å². The Morgan fingerprint density at radius 2 is 2.10 bits per heavy atom. The van der Waals surface area contributed by atoms with Gasteiger partial charge in [-0.25, -0.2) is 4.39 Å². The lowest BCUT2D eigenvalue weighted by Gasteiger charge is -2.23. The maximum absolute atomic E-state index is 13.0. The lowest BCUT2D eigenvalue weighted by Crippen LogP contribution is -2.21. The second-order valence-corrected chi connectivity index (χ2v) is 5.67. The van der Waals surface area contributed by atoms with Crippen LogP contribution in [-0.2, 0) is 4.79 Å². The zero-order valence-corrected chi connectivity index (χ0v) is 12.2. The van der Waals surface area contributed by atoms with Crippen molar-refractivity contribution in [3.8, 4) is 0 Å². The third-order valence-electron chi connectivity index (χ3n) is 3.28. The fraction of sp³-hybridized carbons (Fsp3) is 0.500. The maximum atomic E-state index is 13.0. The van der Waals surface area contributed by atoms with Crippen LogP contribution in [0.2, 0.25) is 0 Å². The first-order valence-corrected chi connectivity index (χ1v) is 6.69. The zero-order chi connectivity index (χ0) is 16.0. The molecule has 3 N–H and O–H groups in total. The number of hydrogen-bond donors (Lipinski definition) is 2. The van der Waals surface area contributed by atoms with Crippen LogP contribution in [0.15, 0.2) is 18.2 Å². The Kier molecular flexibility index (Phi) is 5.78. The standard InChI is InChI=1S/C14H20FN3O3/c1-14(2,7-8-16)6-5-13(19)17-11-4-3-10(15)9-12(11)18(20)21/h3-4,9H,5-8,16H2,1-2H3,(H,17,19). The van der Waals surface area contributed by atoms with Gasteiger partial charge in [0.25, 0.3) is 5.69 Å². The van der Waals surface area contributed by atoms with E-state index < -0.39 is 16.4 Å². The van der Waals surface area contributed by atoms with Gasteiger partial charge in [-0.1, -0.05) is 13.8 Å². The van der Waals surface area contributed by atoms with E-state index in [1.807, 2.05) is 13.8 Å². The van der Waals surface area contributed by atoms with Crippen molar-refractivity contribution >= 4 is 17.3 Å². The van der Waals surface area contributed by atoms with E-state index in [1.54, 1.807) is 0 Å². The molecule has 0 spiro atoms. The molecule has 0 radical (unpaired) electrons. The molecule has 0 aromatic heterocycles. The normalized spacial score (nSPS) is 11.2. The lowest BCUT2D eigenvalue weighted by molar-refractivity contribution is -0.384. The number of nitro groups is 1. The number of anilines is 1. The fourth-order valence-electron chi connectivity index (χ4n) is 1.94. The Labute approximate surface area is 122 Å². The average Bonchev–Trinajstić information content (AvgIpc) is 2.38. The van der Waals surface area contributed by atoms with E-state index in [4.69, 9.17) is 5.73 Å². The Morgan fingerprint density at radius 1 is 1.43 bits per heavy atom. The van der Waals surface area contributed by atoms with Crippen LogP contribution < -0.4 is 11.1 Å². The number of rotatable bonds is 7. The summed E-state index contributed by atoms with van der Waals surface area (Å²) in [5, 5.41) is 13.3. The van der Waals surface area contributed by atoms with Crippen LogP contribution in [0.25, 0.3) is 0 Å². The third-order valence-corrected chi connectivity index (χ3v) is 3.28. The summed E-state index contributed by atoms with van der Waals surface area (Å²) in [5.74, 6) is -1.06. The summed E-state index contributed by atoms with van der Waals surface area (Å²) in [7, 11) is 0. The second kappa shape index (κ2) is 7.12. The molecule has 0 bridgehead atoms. The first kappa shape index (κ1) is 17.0. The molecule has 21 heavy (non-hydrogen) atoms. The van der Waals surface area contributed by atoms with Crippen LogP contribution in [0.1, 0.15) is 33.1 Å². The number of nitrogens with two attached hydrogens (primary N) is 1. The fourth-order valence-corrected chi connectivity index (χ4v) is 1.94. The first-order chi connectivity index (χ1) is 9.75. The van der Waals surface area contributed by atoms with Gasteiger partial charge in [0, 0.05) is 6.42 Å². The van der Waals surface area contributed by atoms with Gasteiger partial charge in [0.1, 0.15) is 11.5 Å². The Morgan fingerprint density at radius 3 is 2.67 bits per heavy atom. The summed E-state index contributed by atoms with van der Waals surface area (Å²) in [6, 6.07) is 3.05. The van der Waals surface area contributed by atoms with Crippen LogP contribution in [-0.4, -0.2) is 17.4 Å². The van der Waals surface area contributed by atoms with Crippen molar-refractivity contribution in [2.24, 2.45) is 11.1 Å². The molecule has 1 rings (SSSR count). The number of carbonyl (C=O) groups is 1. The topological polar surface area (TPSA) is 98.3 Å². The predicted octanol–water partition coefficient (Wildman–Crippen LogP) is 2.83. The highest BCUT2D eigenvalue weighted by molar-refractivity contribution is 5.93. The highest BCUT2D eigenvalue weighted by Gasteiger charge is 2.20. The van der Waals surface area contributed by atoms with Gasteiger partial charge in [-0.3, -0.25) is 14.9 Å². The van der Waals surface area contributed by atoms with Crippen LogP contribution in [0.3, 0.4) is 0 Å². The van der Waals surface area contributed by atoms with E-state index in [0.717, 1.165) is 18.6 Å². The molecule has 1 amide bonds. The molecule has 0 aliphatic heterocycles. The van der Waals surface area contributed by atoms with Crippen molar-refractivity contribution in [3.63, 3.8) is 0 Å². The minimum Gasteiger partial charge on any atom is -0.330 e. The van der Waals surface area contributed by atoms with Crippen LogP contribution >= 0.6 is 0 Å². The first-order valence-electron chi connectivity index (χ1n) is 6.69. The molecule has 0 saturated carbocycles. The van der Waals surface area contributed by atoms with Crippen LogP contribution in [0.5, 0.6) is 0 Å². The summed E-state index contributed by atoms with van der Waals surface area (Å²) in [5.41, 5.74) is 4.98. The summed E-state index contributed by atoms with van der Waals surface area (Å²) in [6.45, 7) is 4.55. The predicted molar refractivity (Wildman–Crippen MR) is 78.4 cm³/mol. The molecule has 0 aliphatic rings. The third kappa shape index (κ3) is 5.47. The SMILES string of the molecule is CC(C)(CCN)CCC(=O)Nc1ccc(F)cc1[N+](=O)[O-]. The molecule has 1 aromatic rings. The van der Waals surface area contributed by atoms with E-state index >= 15 is 0 Å². The van der Waals surface area contributed by atoms with Gasteiger partial charge in [-0.2, -0.15) is 0 Å². The molecular weight excluding hydrogens is 277 g/mol. The highest BCUT2D eigenvalue weighted by Crippen LogP contribution is 2.28. The molecule has 116 valence electrons. The van der Waals surface area contributed by atoms with Crippen molar-refractivity contribution in [2.45, 2.75) is 33.1 Å². The molecule has 0 aliphatic carbocycles. The largest absolute Gasteiger partial charge is 0.330 e. The van der Waals surface area contributed by atoms with Crippen LogP contribution in [0.4, 0.5) is 15.8 Å². The van der Waals surface area contributed by atoms with Crippen molar-refractivity contribution in [3.05, 3.63) is 34.1 Å². The number of benzene rings is 1. The van der Waals surface area contributed by atoms with E-state index in [0.29, 0.717) is 13.0 Å². The van der Waals surface area contributed by atoms with Crippen LogP contribution in [0, 0.1) is 21.3 Å². The number of nitro benzene ring substituents is 1. The quantitative estimate of drug-likeness (QED) is 0.597. The molecule has 0 unspecified atom stereocenters. The summed E-state index contributed by atoms with van der Waals surface area (Å²) in [6.07, 6.45) is 1.63. The molecule has 0 heterocycles. The average molecular weight is 297 g/mol. The summed E-state index contributed by atoms with van der Waals surface area (Å²) < 4.78 is 13.0. The molecule has 1 aromatic carbocycles. The van der Waals surface area contributed by atoms with Gasteiger partial charge in [0.2, 0.25) is 5.91 Å². The molecule has 7 heteroatoms. The van der Waals surface area contributed by atoms with Gasteiger partial charge < -0.3 is 11.1 Å². The zero-order valence-electron chi connectivity index (χ0n) is 12.2. The summed E-state index contributed by atoms with van der Waals surface area (Å²) in [4.78, 5) is 22.0. The second-order valence-electron chi connectivity index (χ2n) is 5.67. The van der Waals surface area contributed by atoms with Gasteiger partial charge in [-0.15, -0.1) is 0 Å². The Bertz CT molecular complexity index is 532. The van der Waals surface area contributed by atoms with Gasteiger partial charge >= 0.3 is 0 Å². The molecule has 0 saturated heterocycles. The van der Waals surface area contributed by atoms with Gasteiger partial charge in [-0.05, 0) is 36.9 Å². The Hall–Kier alpha value is -2.02. The van der Waals surface area contributed by atoms with Gasteiger partial charge in [0.05, 0.1) is 11.0 Å². The van der Waals surface area contributed by atoms with Crippen molar-refractivity contribution in [2.75, 3.05) is 11.9 Å². The number of nitrogens with one attached hydrogen (secondary N) is 1. The van der Waals surface area contributed by atoms with E-state index in [2.05, 4.69) is 5.32 Å². The molecule has 0 atom stereocenters. The van der Waals surface area contributed by atoms with Gasteiger partial charge in [0.15, 0.2) is 0 Å². The van der Waals surface area contributed by atoms with Crippen molar-refractivity contribution < 1.29 is 14.1 Å². The van der Waals surface area contributed by atoms with Crippen molar-refractivity contribution in [1.29, 1.82) is 0 Å². The molecule has 0 fully saturated rings.